The lowest BCUT2D eigenvalue weighted by Gasteiger charge is -2.28. The van der Waals surface area contributed by atoms with E-state index in [0.717, 1.165) is 25.7 Å². The number of hydrogen-bond acceptors (Lipinski definition) is 3. The molecule has 0 spiro atoms. The third-order valence-electron chi connectivity index (χ3n) is 3.54. The van der Waals surface area contributed by atoms with Crippen LogP contribution in [0.15, 0.2) is 0 Å². The molecular formula is C13H22F3NO3. The molecule has 0 aliphatic heterocycles. The van der Waals surface area contributed by atoms with Gasteiger partial charge in [0.25, 0.3) is 0 Å². The van der Waals surface area contributed by atoms with E-state index >= 15 is 0 Å². The Kier molecular flexibility index (Phi) is 7.29. The highest BCUT2D eigenvalue weighted by Gasteiger charge is 2.30. The lowest BCUT2D eigenvalue weighted by Crippen LogP contribution is -2.35. The average Bonchev–Trinajstić information content (AvgIpc) is 2.36. The number of ether oxygens (including phenoxy) is 1. The summed E-state index contributed by atoms with van der Waals surface area (Å²) in [6, 6.07) is 0. The van der Waals surface area contributed by atoms with Crippen LogP contribution in [0.4, 0.5) is 13.2 Å². The highest BCUT2D eigenvalue weighted by atomic mass is 19.4. The number of rotatable bonds is 8. The van der Waals surface area contributed by atoms with Gasteiger partial charge >= 0.3 is 12.1 Å². The summed E-state index contributed by atoms with van der Waals surface area (Å²) >= 11 is 0. The molecule has 2 unspecified atom stereocenters. The maximum Gasteiger partial charge on any atom is 0.411 e. The molecule has 0 heterocycles. The van der Waals surface area contributed by atoms with Crippen LogP contribution in [0.1, 0.15) is 32.1 Å². The lowest BCUT2D eigenvalue weighted by atomic mass is 9.79. The predicted molar refractivity (Wildman–Crippen MR) is 67.4 cm³/mol. The summed E-state index contributed by atoms with van der Waals surface area (Å²) in [5, 5.41) is 12.2. The zero-order chi connectivity index (χ0) is 15.0. The van der Waals surface area contributed by atoms with Gasteiger partial charge in [-0.2, -0.15) is 13.2 Å². The summed E-state index contributed by atoms with van der Waals surface area (Å²) in [4.78, 5) is 11.1. The minimum absolute atomic E-state index is 0.0551. The molecule has 20 heavy (non-hydrogen) atoms. The number of carboxylic acid groups (broad SMARTS) is 1. The van der Waals surface area contributed by atoms with Crippen molar-refractivity contribution in [3.63, 3.8) is 0 Å². The third-order valence-corrected chi connectivity index (χ3v) is 3.54. The van der Waals surface area contributed by atoms with Crippen molar-refractivity contribution in [3.05, 3.63) is 0 Å². The van der Waals surface area contributed by atoms with Gasteiger partial charge in [-0.25, -0.2) is 0 Å². The maximum absolute atomic E-state index is 11.8. The molecule has 0 radical (unpaired) electrons. The van der Waals surface area contributed by atoms with Gasteiger partial charge in [-0.15, -0.1) is 0 Å². The number of carboxylic acids is 1. The van der Waals surface area contributed by atoms with E-state index in [1.807, 2.05) is 0 Å². The van der Waals surface area contributed by atoms with Gasteiger partial charge in [-0.1, -0.05) is 12.8 Å². The molecule has 0 aromatic carbocycles. The van der Waals surface area contributed by atoms with Gasteiger partial charge < -0.3 is 15.2 Å². The topological polar surface area (TPSA) is 58.6 Å². The summed E-state index contributed by atoms with van der Waals surface area (Å²) in [6.07, 6.45) is -0.167. The number of carbonyl (C=O) groups is 1. The van der Waals surface area contributed by atoms with Crippen LogP contribution < -0.4 is 5.32 Å². The second kappa shape index (κ2) is 8.46. The van der Waals surface area contributed by atoms with Crippen LogP contribution in [0.3, 0.4) is 0 Å². The molecule has 2 atom stereocenters. The molecule has 0 bridgehead atoms. The monoisotopic (exact) mass is 297 g/mol. The van der Waals surface area contributed by atoms with Crippen molar-refractivity contribution < 1.29 is 27.8 Å². The molecule has 7 heteroatoms. The van der Waals surface area contributed by atoms with E-state index in [9.17, 15) is 18.0 Å². The van der Waals surface area contributed by atoms with Crippen LogP contribution in [0.2, 0.25) is 0 Å². The molecule has 0 saturated heterocycles. The summed E-state index contributed by atoms with van der Waals surface area (Å²) in [5.74, 6) is -0.917. The molecule has 1 fully saturated rings. The Labute approximate surface area is 116 Å². The van der Waals surface area contributed by atoms with Crippen molar-refractivity contribution in [2.75, 3.05) is 26.3 Å². The summed E-state index contributed by atoms with van der Waals surface area (Å²) in [7, 11) is 0. The summed E-state index contributed by atoms with van der Waals surface area (Å²) in [5.41, 5.74) is 0. The molecule has 0 amide bonds. The van der Waals surface area contributed by atoms with Gasteiger partial charge in [0.2, 0.25) is 0 Å². The van der Waals surface area contributed by atoms with E-state index in [1.54, 1.807) is 0 Å². The maximum atomic E-state index is 11.8. The van der Waals surface area contributed by atoms with Crippen molar-refractivity contribution in [1.29, 1.82) is 0 Å². The number of hydrogen-bond donors (Lipinski definition) is 2. The fraction of sp³-hybridized carbons (Fsp3) is 0.923. The third kappa shape index (κ3) is 7.09. The van der Waals surface area contributed by atoms with Crippen molar-refractivity contribution in [2.45, 2.75) is 38.3 Å². The van der Waals surface area contributed by atoms with Gasteiger partial charge in [0.1, 0.15) is 6.61 Å². The Balaban J connectivity index is 2.06. The van der Waals surface area contributed by atoms with Crippen LogP contribution >= 0.6 is 0 Å². The Bertz CT molecular complexity index is 297. The number of halogens is 3. The Hall–Kier alpha value is -0.820. The second-order valence-electron chi connectivity index (χ2n) is 5.21. The molecule has 1 aliphatic rings. The summed E-state index contributed by atoms with van der Waals surface area (Å²) < 4.78 is 39.9. The minimum Gasteiger partial charge on any atom is -0.481 e. The molecule has 0 aromatic heterocycles. The number of aliphatic carboxylic acids is 1. The van der Waals surface area contributed by atoms with Crippen LogP contribution in [0.5, 0.6) is 0 Å². The first-order valence-corrected chi connectivity index (χ1v) is 6.98. The first-order valence-electron chi connectivity index (χ1n) is 6.98. The molecule has 118 valence electrons. The SMILES string of the molecule is O=C(O)C1CCCCC1CNCCCOCC(F)(F)F. The van der Waals surface area contributed by atoms with E-state index in [-0.39, 0.29) is 18.4 Å². The van der Waals surface area contributed by atoms with Crippen LogP contribution in [-0.2, 0) is 9.53 Å². The smallest absolute Gasteiger partial charge is 0.411 e. The highest BCUT2D eigenvalue weighted by molar-refractivity contribution is 5.70. The molecule has 2 N–H and O–H groups in total. The van der Waals surface area contributed by atoms with Crippen LogP contribution in [0, 0.1) is 11.8 Å². The normalized spacial score (nSPS) is 23.8. The first-order chi connectivity index (χ1) is 9.40. The predicted octanol–water partition coefficient (Wildman–Crippen LogP) is 2.44. The van der Waals surface area contributed by atoms with E-state index in [1.165, 1.54) is 0 Å². The van der Waals surface area contributed by atoms with E-state index in [0.29, 0.717) is 19.5 Å². The molecule has 1 saturated carbocycles. The quantitative estimate of drug-likeness (QED) is 0.676. The molecular weight excluding hydrogens is 275 g/mol. The van der Waals surface area contributed by atoms with Gasteiger partial charge in [0.05, 0.1) is 5.92 Å². The zero-order valence-corrected chi connectivity index (χ0v) is 11.4. The number of nitrogens with one attached hydrogen (secondary N) is 1. The molecule has 0 aromatic rings. The molecule has 4 nitrogen and oxygen atoms in total. The zero-order valence-electron chi connectivity index (χ0n) is 11.4. The van der Waals surface area contributed by atoms with E-state index in [4.69, 9.17) is 5.11 Å². The van der Waals surface area contributed by atoms with Gasteiger partial charge in [0, 0.05) is 6.61 Å². The average molecular weight is 297 g/mol. The largest absolute Gasteiger partial charge is 0.481 e. The van der Waals surface area contributed by atoms with Gasteiger partial charge in [0.15, 0.2) is 0 Å². The van der Waals surface area contributed by atoms with Crippen LogP contribution in [0.25, 0.3) is 0 Å². The Morgan fingerprint density at radius 3 is 2.65 bits per heavy atom. The lowest BCUT2D eigenvalue weighted by molar-refractivity contribution is -0.173. The van der Waals surface area contributed by atoms with Crippen molar-refractivity contribution in [3.8, 4) is 0 Å². The fourth-order valence-corrected chi connectivity index (χ4v) is 2.55. The van der Waals surface area contributed by atoms with Crippen molar-refractivity contribution in [1.82, 2.24) is 5.32 Å². The second-order valence-corrected chi connectivity index (χ2v) is 5.21. The fourth-order valence-electron chi connectivity index (χ4n) is 2.55. The highest BCUT2D eigenvalue weighted by Crippen LogP contribution is 2.29. The van der Waals surface area contributed by atoms with E-state index < -0.39 is 18.8 Å². The molecule has 1 aliphatic carbocycles. The van der Waals surface area contributed by atoms with Gasteiger partial charge in [-0.3, -0.25) is 4.79 Å². The first kappa shape index (κ1) is 17.2. The van der Waals surface area contributed by atoms with Crippen molar-refractivity contribution in [2.24, 2.45) is 11.8 Å². The van der Waals surface area contributed by atoms with Gasteiger partial charge in [-0.05, 0) is 38.3 Å². The molecule has 1 rings (SSSR count). The standard InChI is InChI=1S/C13H22F3NO3/c14-13(15,16)9-20-7-3-6-17-8-10-4-1-2-5-11(10)12(18)19/h10-11,17H,1-9H2,(H,18,19). The minimum atomic E-state index is -4.27. The van der Waals surface area contributed by atoms with Crippen LogP contribution in [-0.4, -0.2) is 43.6 Å². The van der Waals surface area contributed by atoms with E-state index in [2.05, 4.69) is 10.1 Å². The Morgan fingerprint density at radius 1 is 1.30 bits per heavy atom. The number of alkyl halides is 3. The summed E-state index contributed by atoms with van der Waals surface area (Å²) in [6.45, 7) is -0.00676. The Morgan fingerprint density at radius 2 is 2.00 bits per heavy atom. The van der Waals surface area contributed by atoms with Crippen molar-refractivity contribution >= 4 is 5.97 Å².